The molecule has 5 aromatic rings. The lowest BCUT2D eigenvalue weighted by molar-refractivity contribution is -0.137. The van der Waals surface area contributed by atoms with Crippen LogP contribution in [0.25, 0.3) is 21.5 Å². The number of alkyl halides is 1. The topological polar surface area (TPSA) is 250 Å². The lowest BCUT2D eigenvalue weighted by Crippen LogP contribution is -2.47. The number of phenols is 1. The van der Waals surface area contributed by atoms with Crippen molar-refractivity contribution in [1.29, 1.82) is 0 Å². The standard InChI is InChI=1S/C55H59ClN8O10/c56-30-35-32-64(44-28-45(65)39-11-4-6-13-41(39)53(35)44)50(69)17-8-16-49(68)62-27-24-38-37-10-3-5-12-40(37)46(29-43(38)62)74-33-34-18-20-36(21-19-34)60-54(72)42(14-9-25-58-55(57)73)61-48(67)31-59-47(66)15-2-1-7-26-63-51(70)22-23-52(63)71/h3-6,10-13,18-23,28-29,35,42,65H,1-2,7-9,14-17,24-27,30-33H2,(H,59,66)(H,60,72)(H,61,67)(H3,57,58,73). The first-order valence-electron chi connectivity index (χ1n) is 24.9. The first kappa shape index (κ1) is 52.3. The highest BCUT2D eigenvalue weighted by Gasteiger charge is 2.35. The molecule has 0 aliphatic carbocycles. The summed E-state index contributed by atoms with van der Waals surface area (Å²) in [5.41, 5.74) is 9.86. The van der Waals surface area contributed by atoms with Gasteiger partial charge in [0.15, 0.2) is 0 Å². The van der Waals surface area contributed by atoms with Gasteiger partial charge in [-0.3, -0.25) is 38.5 Å². The van der Waals surface area contributed by atoms with Crippen LogP contribution in [-0.4, -0.2) is 102 Å². The third-order valence-electron chi connectivity index (χ3n) is 13.6. The summed E-state index contributed by atoms with van der Waals surface area (Å²) in [4.78, 5) is 106. The largest absolute Gasteiger partial charge is 0.507 e. The predicted molar refractivity (Wildman–Crippen MR) is 281 cm³/mol. The molecule has 19 heteroatoms. The maximum Gasteiger partial charge on any atom is 0.312 e. The number of hydrogen-bond donors (Lipinski definition) is 6. The number of nitrogens with zero attached hydrogens (tertiary/aromatic N) is 3. The Hall–Kier alpha value is -7.99. The number of carbonyl (C=O) groups is 8. The normalized spacial score (nSPS) is 15.0. The van der Waals surface area contributed by atoms with E-state index in [9.17, 15) is 43.5 Å². The summed E-state index contributed by atoms with van der Waals surface area (Å²) >= 11 is 6.39. The summed E-state index contributed by atoms with van der Waals surface area (Å²) in [7, 11) is 0. The van der Waals surface area contributed by atoms with Crippen LogP contribution in [0.3, 0.4) is 0 Å². The average molecular weight is 1030 g/mol. The van der Waals surface area contributed by atoms with Gasteiger partial charge in [-0.25, -0.2) is 4.79 Å². The number of fused-ring (bicyclic) bond motifs is 6. The van der Waals surface area contributed by atoms with Gasteiger partial charge in [0.25, 0.3) is 11.8 Å². The van der Waals surface area contributed by atoms with Gasteiger partial charge in [0.1, 0.15) is 24.1 Å². The van der Waals surface area contributed by atoms with Crippen molar-refractivity contribution in [2.45, 2.75) is 82.8 Å². The van der Waals surface area contributed by atoms with E-state index in [0.717, 1.165) is 43.4 Å². The van der Waals surface area contributed by atoms with Crippen LogP contribution < -0.4 is 41.5 Å². The molecule has 74 heavy (non-hydrogen) atoms. The number of halogens is 1. The van der Waals surface area contributed by atoms with Crippen molar-refractivity contribution in [3.63, 3.8) is 0 Å². The smallest absolute Gasteiger partial charge is 0.312 e. The second kappa shape index (κ2) is 24.2. The van der Waals surface area contributed by atoms with Crippen LogP contribution in [-0.2, 0) is 46.6 Å². The minimum absolute atomic E-state index is 0.0838. The summed E-state index contributed by atoms with van der Waals surface area (Å²) in [6.45, 7) is 1.13. The second-order valence-electron chi connectivity index (χ2n) is 18.6. The van der Waals surface area contributed by atoms with Crippen molar-refractivity contribution in [2.24, 2.45) is 5.73 Å². The number of amides is 9. The van der Waals surface area contributed by atoms with Gasteiger partial charge in [0, 0.05) is 98.0 Å². The Bertz CT molecular complexity index is 3000. The SMILES string of the molecule is NC(=O)NCCCC(NC(=O)CNC(=O)CCCCCN1C(=O)C=CC1=O)C(=O)Nc1ccc(COc2cc3c(c4ccccc24)CCN3C(=O)CCCC(=O)N2CC(CCl)c3c2cc(O)c2ccccc32)cc1. The molecule has 0 saturated heterocycles. The number of carbonyl (C=O) groups excluding carboxylic acids is 8. The molecule has 2 unspecified atom stereocenters. The molecule has 0 bridgehead atoms. The first-order chi connectivity index (χ1) is 35.8. The van der Waals surface area contributed by atoms with E-state index in [-0.39, 0.29) is 93.1 Å². The highest BCUT2D eigenvalue weighted by Crippen LogP contribution is 2.46. The number of hydrogen-bond acceptors (Lipinski definition) is 10. The molecule has 0 fully saturated rings. The van der Waals surface area contributed by atoms with Crippen molar-refractivity contribution in [1.82, 2.24) is 20.9 Å². The van der Waals surface area contributed by atoms with Gasteiger partial charge in [-0.15, -0.1) is 11.6 Å². The zero-order valence-corrected chi connectivity index (χ0v) is 41.6. The van der Waals surface area contributed by atoms with Gasteiger partial charge >= 0.3 is 6.03 Å². The fourth-order valence-corrected chi connectivity index (χ4v) is 10.1. The Morgan fingerprint density at radius 3 is 2.15 bits per heavy atom. The Labute approximate surface area is 432 Å². The number of ether oxygens (including phenoxy) is 1. The number of primary amides is 1. The number of anilines is 3. The Balaban J connectivity index is 0.833. The minimum Gasteiger partial charge on any atom is -0.507 e. The third-order valence-corrected chi connectivity index (χ3v) is 13.9. The molecule has 0 aromatic heterocycles. The Kier molecular flexibility index (Phi) is 17.1. The van der Waals surface area contributed by atoms with Crippen molar-refractivity contribution in [3.8, 4) is 11.5 Å². The van der Waals surface area contributed by atoms with E-state index in [2.05, 4.69) is 21.3 Å². The lowest BCUT2D eigenvalue weighted by atomic mass is 9.95. The van der Waals surface area contributed by atoms with Gasteiger partial charge in [-0.05, 0) is 78.1 Å². The molecule has 0 radical (unpaired) electrons. The Morgan fingerprint density at radius 2 is 1.43 bits per heavy atom. The number of benzene rings is 5. The van der Waals surface area contributed by atoms with Crippen LogP contribution in [0.5, 0.6) is 11.5 Å². The van der Waals surface area contributed by atoms with Crippen molar-refractivity contribution >= 4 is 97.6 Å². The zero-order chi connectivity index (χ0) is 52.3. The summed E-state index contributed by atoms with van der Waals surface area (Å²) in [6, 6.07) is 24.2. The number of imide groups is 1. The van der Waals surface area contributed by atoms with Crippen LogP contribution in [0.15, 0.2) is 97.1 Å². The molecule has 9 amide bonds. The number of nitrogens with two attached hydrogens (primary N) is 1. The third kappa shape index (κ3) is 12.4. The summed E-state index contributed by atoms with van der Waals surface area (Å²) in [6.07, 6.45) is 5.98. The molecule has 3 aliphatic heterocycles. The van der Waals surface area contributed by atoms with Gasteiger partial charge in [0.05, 0.1) is 17.9 Å². The first-order valence-corrected chi connectivity index (χ1v) is 25.4. The number of phenolic OH excluding ortho intramolecular Hbond substituents is 1. The number of aromatic hydroxyl groups is 1. The van der Waals surface area contributed by atoms with Crippen LogP contribution in [0.4, 0.5) is 21.9 Å². The number of rotatable bonds is 23. The molecule has 0 spiro atoms. The van der Waals surface area contributed by atoms with E-state index < -0.39 is 23.9 Å². The Morgan fingerprint density at radius 1 is 0.743 bits per heavy atom. The highest BCUT2D eigenvalue weighted by atomic mass is 35.5. The zero-order valence-electron chi connectivity index (χ0n) is 40.8. The van der Waals surface area contributed by atoms with E-state index in [1.807, 2.05) is 54.6 Å². The monoisotopic (exact) mass is 1030 g/mol. The maximum atomic E-state index is 13.9. The van der Waals surface area contributed by atoms with Crippen molar-refractivity contribution < 1.29 is 48.2 Å². The highest BCUT2D eigenvalue weighted by molar-refractivity contribution is 6.19. The van der Waals surface area contributed by atoms with Gasteiger partial charge in [-0.1, -0.05) is 67.1 Å². The number of nitrogens with one attached hydrogen (secondary N) is 4. The van der Waals surface area contributed by atoms with E-state index in [1.54, 1.807) is 40.1 Å². The van der Waals surface area contributed by atoms with E-state index in [0.29, 0.717) is 80.0 Å². The molecule has 3 heterocycles. The minimum atomic E-state index is -1.01. The van der Waals surface area contributed by atoms with Gasteiger partial charge < -0.3 is 46.6 Å². The van der Waals surface area contributed by atoms with Gasteiger partial charge in [0.2, 0.25) is 29.5 Å². The second-order valence-corrected chi connectivity index (χ2v) is 18.9. The molecule has 2 atom stereocenters. The molecule has 7 N–H and O–H groups in total. The fraction of sp³-hybridized carbons (Fsp3) is 0.345. The number of urea groups is 1. The predicted octanol–water partition coefficient (Wildman–Crippen LogP) is 6.18. The summed E-state index contributed by atoms with van der Waals surface area (Å²) < 4.78 is 6.44. The molecular formula is C55H59ClN8O10. The molecular weight excluding hydrogens is 968 g/mol. The molecule has 18 nitrogen and oxygen atoms in total. The van der Waals surface area contributed by atoms with Crippen molar-refractivity contribution in [2.75, 3.05) is 53.7 Å². The molecule has 0 saturated carbocycles. The van der Waals surface area contributed by atoms with E-state index in [1.165, 1.54) is 12.2 Å². The van der Waals surface area contributed by atoms with E-state index in [4.69, 9.17) is 22.1 Å². The van der Waals surface area contributed by atoms with Crippen LogP contribution in [0, 0.1) is 0 Å². The summed E-state index contributed by atoms with van der Waals surface area (Å²) in [5, 5.41) is 24.8. The maximum absolute atomic E-state index is 13.9. The molecule has 3 aliphatic rings. The van der Waals surface area contributed by atoms with Crippen LogP contribution >= 0.6 is 11.6 Å². The quantitative estimate of drug-likeness (QED) is 0.0246. The summed E-state index contributed by atoms with van der Waals surface area (Å²) in [5.74, 6) is -1.47. The van der Waals surface area contributed by atoms with Crippen LogP contribution in [0.2, 0.25) is 0 Å². The van der Waals surface area contributed by atoms with E-state index >= 15 is 0 Å². The number of unbranched alkanes of at least 4 members (excludes halogenated alkanes) is 2. The van der Waals surface area contributed by atoms with Crippen molar-refractivity contribution in [3.05, 3.63) is 114 Å². The molecule has 8 rings (SSSR count). The van der Waals surface area contributed by atoms with Gasteiger partial charge in [-0.2, -0.15) is 0 Å². The fourth-order valence-electron chi connectivity index (χ4n) is 9.82. The lowest BCUT2D eigenvalue weighted by Gasteiger charge is -2.21. The molecule has 5 aromatic carbocycles. The molecule has 386 valence electrons. The van der Waals surface area contributed by atoms with Crippen LogP contribution in [0.1, 0.15) is 80.4 Å². The average Bonchev–Trinajstić information content (AvgIpc) is 4.11.